The molecular weight excluding hydrogens is 290 g/mol. The fourth-order valence-electron chi connectivity index (χ4n) is 4.03. The van der Waals surface area contributed by atoms with Gasteiger partial charge in [-0.25, -0.2) is 4.68 Å². The Labute approximate surface area is 136 Å². The number of hydrogen-bond acceptors (Lipinski definition) is 4. The molecule has 1 aromatic heterocycles. The Morgan fingerprint density at radius 3 is 2.91 bits per heavy atom. The molecule has 23 heavy (non-hydrogen) atoms. The molecule has 1 aromatic carbocycles. The highest BCUT2D eigenvalue weighted by molar-refractivity contribution is 5.32. The highest BCUT2D eigenvalue weighted by Gasteiger charge is 2.48. The van der Waals surface area contributed by atoms with Crippen molar-refractivity contribution in [1.82, 2.24) is 14.7 Å². The lowest BCUT2D eigenvalue weighted by Gasteiger charge is -2.36. The molecule has 2 aliphatic heterocycles. The van der Waals surface area contributed by atoms with Gasteiger partial charge in [-0.2, -0.15) is 5.10 Å². The summed E-state index contributed by atoms with van der Waals surface area (Å²) in [6.07, 6.45) is 2.91. The van der Waals surface area contributed by atoms with Gasteiger partial charge >= 0.3 is 0 Å². The second-order valence-corrected chi connectivity index (χ2v) is 6.80. The van der Waals surface area contributed by atoms with Crippen LogP contribution in [0.25, 0.3) is 5.69 Å². The minimum absolute atomic E-state index is 0.0736. The molecule has 0 radical (unpaired) electrons. The zero-order chi connectivity index (χ0) is 15.7. The fraction of sp³-hybridized carbons (Fsp3) is 0.500. The smallest absolute Gasteiger partial charge is 0.0649 e. The number of aliphatic hydroxyl groups excluding tert-OH is 1. The average Bonchev–Trinajstić information content (AvgIpc) is 3.20. The van der Waals surface area contributed by atoms with Crippen LogP contribution in [0, 0.1) is 11.3 Å². The number of para-hydroxylation sites is 1. The molecule has 5 nitrogen and oxygen atoms in total. The predicted octanol–water partition coefficient (Wildman–Crippen LogP) is 1.70. The van der Waals surface area contributed by atoms with Crippen molar-refractivity contribution in [3.05, 3.63) is 48.3 Å². The van der Waals surface area contributed by atoms with E-state index >= 15 is 0 Å². The van der Waals surface area contributed by atoms with Crippen molar-refractivity contribution in [1.29, 1.82) is 0 Å². The van der Waals surface area contributed by atoms with Gasteiger partial charge in [-0.3, -0.25) is 4.90 Å². The molecule has 0 amide bonds. The van der Waals surface area contributed by atoms with Crippen molar-refractivity contribution in [3.63, 3.8) is 0 Å². The van der Waals surface area contributed by atoms with Crippen molar-refractivity contribution >= 4 is 0 Å². The van der Waals surface area contributed by atoms with Gasteiger partial charge in [-0.15, -0.1) is 0 Å². The quantitative estimate of drug-likeness (QED) is 0.933. The minimum atomic E-state index is -0.0736. The monoisotopic (exact) mass is 313 g/mol. The number of aliphatic hydroxyl groups is 1. The third-order valence-electron chi connectivity index (χ3n) is 5.31. The van der Waals surface area contributed by atoms with E-state index in [0.717, 1.165) is 38.3 Å². The Hall–Kier alpha value is -1.69. The van der Waals surface area contributed by atoms with Crippen molar-refractivity contribution in [3.8, 4) is 5.69 Å². The van der Waals surface area contributed by atoms with Crippen molar-refractivity contribution in [2.45, 2.75) is 13.0 Å². The van der Waals surface area contributed by atoms with Gasteiger partial charge in [0.2, 0.25) is 0 Å². The van der Waals surface area contributed by atoms with E-state index in [9.17, 15) is 5.11 Å². The lowest BCUT2D eigenvalue weighted by molar-refractivity contribution is -0.0561. The number of hydrogen-bond donors (Lipinski definition) is 1. The molecule has 2 aliphatic rings. The van der Waals surface area contributed by atoms with E-state index in [1.54, 1.807) is 0 Å². The molecule has 3 heterocycles. The van der Waals surface area contributed by atoms with E-state index < -0.39 is 0 Å². The number of rotatable bonds is 4. The zero-order valence-corrected chi connectivity index (χ0v) is 13.3. The summed E-state index contributed by atoms with van der Waals surface area (Å²) in [5.74, 6) is 0.536. The summed E-state index contributed by atoms with van der Waals surface area (Å²) in [6, 6.07) is 12.3. The summed E-state index contributed by atoms with van der Waals surface area (Å²) in [7, 11) is 0. The van der Waals surface area contributed by atoms with Crippen LogP contribution in [-0.2, 0) is 11.3 Å². The molecule has 2 aromatic rings. The Morgan fingerprint density at radius 1 is 1.26 bits per heavy atom. The first-order valence-corrected chi connectivity index (χ1v) is 8.30. The van der Waals surface area contributed by atoms with Crippen LogP contribution in [0.15, 0.2) is 42.6 Å². The van der Waals surface area contributed by atoms with Crippen LogP contribution in [0.4, 0.5) is 0 Å². The van der Waals surface area contributed by atoms with Gasteiger partial charge < -0.3 is 9.84 Å². The van der Waals surface area contributed by atoms with Gasteiger partial charge in [-0.1, -0.05) is 18.2 Å². The Kier molecular flexibility index (Phi) is 3.93. The number of benzene rings is 1. The van der Waals surface area contributed by atoms with E-state index in [-0.39, 0.29) is 12.0 Å². The van der Waals surface area contributed by atoms with Crippen LogP contribution in [0.5, 0.6) is 0 Å². The molecule has 0 saturated carbocycles. The van der Waals surface area contributed by atoms with Gasteiger partial charge in [0, 0.05) is 37.9 Å². The third-order valence-corrected chi connectivity index (χ3v) is 5.31. The number of aromatic nitrogens is 2. The van der Waals surface area contributed by atoms with Gasteiger partial charge in [-0.05, 0) is 30.5 Å². The summed E-state index contributed by atoms with van der Waals surface area (Å²) in [6.45, 7) is 4.50. The van der Waals surface area contributed by atoms with E-state index in [0.29, 0.717) is 12.5 Å². The van der Waals surface area contributed by atoms with Crippen LogP contribution in [-0.4, -0.2) is 52.7 Å². The predicted molar refractivity (Wildman–Crippen MR) is 87.3 cm³/mol. The Balaban J connectivity index is 1.53. The third kappa shape index (κ3) is 2.69. The van der Waals surface area contributed by atoms with Crippen LogP contribution < -0.4 is 0 Å². The SMILES string of the molecule is OC[C@]12COCC[C@H]1CN(Cc1ccnn1-c1ccccc1)C2. The first-order valence-electron chi connectivity index (χ1n) is 8.30. The van der Waals surface area contributed by atoms with Gasteiger partial charge in [0.15, 0.2) is 0 Å². The van der Waals surface area contributed by atoms with Gasteiger partial charge in [0.1, 0.15) is 0 Å². The first kappa shape index (κ1) is 14.9. The maximum Gasteiger partial charge on any atom is 0.0649 e. The molecule has 2 saturated heterocycles. The summed E-state index contributed by atoms with van der Waals surface area (Å²) in [5.41, 5.74) is 2.20. The van der Waals surface area contributed by atoms with Crippen LogP contribution in [0.3, 0.4) is 0 Å². The summed E-state index contributed by atoms with van der Waals surface area (Å²) < 4.78 is 7.65. The first-order chi connectivity index (χ1) is 11.3. The topological polar surface area (TPSA) is 50.5 Å². The van der Waals surface area contributed by atoms with Crippen molar-refractivity contribution < 1.29 is 9.84 Å². The lowest BCUT2D eigenvalue weighted by Crippen LogP contribution is -2.42. The van der Waals surface area contributed by atoms with Crippen LogP contribution in [0.1, 0.15) is 12.1 Å². The molecule has 0 bridgehead atoms. The van der Waals surface area contributed by atoms with Gasteiger partial charge in [0.25, 0.3) is 0 Å². The summed E-state index contributed by atoms with van der Waals surface area (Å²) in [5, 5.41) is 14.4. The van der Waals surface area contributed by atoms with Crippen LogP contribution in [0.2, 0.25) is 0 Å². The molecule has 2 fully saturated rings. The number of nitrogens with zero attached hydrogens (tertiary/aromatic N) is 3. The molecule has 0 aliphatic carbocycles. The van der Waals surface area contributed by atoms with E-state index in [2.05, 4.69) is 28.2 Å². The molecule has 1 N–H and O–H groups in total. The molecule has 2 atom stereocenters. The van der Waals surface area contributed by atoms with Crippen LogP contribution >= 0.6 is 0 Å². The number of ether oxygens (including phenoxy) is 1. The number of fused-ring (bicyclic) bond motifs is 1. The van der Waals surface area contributed by atoms with E-state index in [1.165, 1.54) is 5.69 Å². The maximum absolute atomic E-state index is 9.90. The molecule has 0 spiro atoms. The average molecular weight is 313 g/mol. The zero-order valence-electron chi connectivity index (χ0n) is 13.3. The highest BCUT2D eigenvalue weighted by Crippen LogP contribution is 2.41. The minimum Gasteiger partial charge on any atom is -0.396 e. The molecule has 122 valence electrons. The largest absolute Gasteiger partial charge is 0.396 e. The molecule has 5 heteroatoms. The van der Waals surface area contributed by atoms with Gasteiger partial charge in [0.05, 0.1) is 24.6 Å². The molecule has 0 unspecified atom stereocenters. The standard InChI is InChI=1S/C18H23N3O2/c22-13-18-12-20(10-15(18)7-9-23-14-18)11-17-6-8-19-21(17)16-4-2-1-3-5-16/h1-6,8,15,22H,7,9-14H2/t15-,18+/m0/s1. The van der Waals surface area contributed by atoms with E-state index in [4.69, 9.17) is 4.74 Å². The van der Waals surface area contributed by atoms with Crippen molar-refractivity contribution in [2.24, 2.45) is 11.3 Å². The van der Waals surface area contributed by atoms with Crippen molar-refractivity contribution in [2.75, 3.05) is 32.9 Å². The lowest BCUT2D eigenvalue weighted by atomic mass is 9.76. The Bertz CT molecular complexity index is 657. The molecule has 4 rings (SSSR count). The second kappa shape index (κ2) is 6.07. The van der Waals surface area contributed by atoms with E-state index in [1.807, 2.05) is 29.1 Å². The fourth-order valence-corrected chi connectivity index (χ4v) is 4.03. The number of likely N-dealkylation sites (tertiary alicyclic amines) is 1. The summed E-state index contributed by atoms with van der Waals surface area (Å²) in [4.78, 5) is 2.44. The maximum atomic E-state index is 9.90. The normalized spacial score (nSPS) is 28.0. The molecular formula is C18H23N3O2. The second-order valence-electron chi connectivity index (χ2n) is 6.80. The Morgan fingerprint density at radius 2 is 2.13 bits per heavy atom. The summed E-state index contributed by atoms with van der Waals surface area (Å²) >= 11 is 0. The highest BCUT2D eigenvalue weighted by atomic mass is 16.5.